The van der Waals surface area contributed by atoms with Gasteiger partial charge in [-0.05, 0) is 37.6 Å². The molecule has 2 rings (SSSR count). The molecule has 0 aliphatic carbocycles. The SMILES string of the molecule is CNC(CCCO)c1ccc2c(c1)NC(=O)CS2. The molecule has 1 atom stereocenters. The maximum absolute atomic E-state index is 11.4. The first-order valence-electron chi connectivity index (χ1n) is 6.09. The first kappa shape index (κ1) is 13.4. The van der Waals surface area contributed by atoms with Crippen molar-refractivity contribution < 1.29 is 9.90 Å². The number of carbonyl (C=O) groups excluding carboxylic acids is 1. The molecule has 1 aromatic carbocycles. The Labute approximate surface area is 111 Å². The van der Waals surface area contributed by atoms with E-state index in [1.807, 2.05) is 13.1 Å². The average Bonchev–Trinajstić information content (AvgIpc) is 2.39. The molecule has 5 heteroatoms. The first-order valence-corrected chi connectivity index (χ1v) is 7.08. The van der Waals surface area contributed by atoms with Gasteiger partial charge in [0.05, 0.1) is 11.4 Å². The van der Waals surface area contributed by atoms with E-state index in [2.05, 4.69) is 22.8 Å². The van der Waals surface area contributed by atoms with E-state index in [0.29, 0.717) is 5.75 Å². The van der Waals surface area contributed by atoms with Gasteiger partial charge in [-0.1, -0.05) is 6.07 Å². The smallest absolute Gasteiger partial charge is 0.234 e. The van der Waals surface area contributed by atoms with Crippen molar-refractivity contribution in [2.75, 3.05) is 24.7 Å². The molecule has 1 heterocycles. The van der Waals surface area contributed by atoms with Gasteiger partial charge in [-0.2, -0.15) is 0 Å². The minimum absolute atomic E-state index is 0.0565. The number of hydrogen-bond acceptors (Lipinski definition) is 4. The molecule has 1 amide bonds. The zero-order chi connectivity index (χ0) is 13.0. The van der Waals surface area contributed by atoms with Crippen molar-refractivity contribution in [3.05, 3.63) is 23.8 Å². The first-order chi connectivity index (χ1) is 8.74. The van der Waals surface area contributed by atoms with Crippen LogP contribution in [-0.4, -0.2) is 30.4 Å². The summed E-state index contributed by atoms with van der Waals surface area (Å²) in [6.07, 6.45) is 1.65. The summed E-state index contributed by atoms with van der Waals surface area (Å²) in [6, 6.07) is 6.38. The number of anilines is 1. The van der Waals surface area contributed by atoms with Gasteiger partial charge in [-0.25, -0.2) is 0 Å². The molecule has 3 N–H and O–H groups in total. The minimum atomic E-state index is 0.0565. The summed E-state index contributed by atoms with van der Waals surface area (Å²) in [5, 5.41) is 15.0. The van der Waals surface area contributed by atoms with Crippen molar-refractivity contribution in [1.29, 1.82) is 0 Å². The molecule has 0 aromatic heterocycles. The van der Waals surface area contributed by atoms with E-state index in [4.69, 9.17) is 5.11 Å². The number of aliphatic hydroxyl groups excluding tert-OH is 1. The Morgan fingerprint density at radius 2 is 2.39 bits per heavy atom. The molecule has 18 heavy (non-hydrogen) atoms. The van der Waals surface area contributed by atoms with Crippen molar-refractivity contribution in [3.8, 4) is 0 Å². The number of thioether (sulfide) groups is 1. The third-order valence-corrected chi connectivity index (χ3v) is 4.11. The molecule has 0 spiro atoms. The molecule has 1 aliphatic rings. The van der Waals surface area contributed by atoms with Gasteiger partial charge in [-0.3, -0.25) is 4.79 Å². The van der Waals surface area contributed by atoms with Crippen LogP contribution in [0.2, 0.25) is 0 Å². The Bertz CT molecular complexity index is 437. The second-order valence-corrected chi connectivity index (χ2v) is 5.32. The summed E-state index contributed by atoms with van der Waals surface area (Å²) in [4.78, 5) is 12.5. The van der Waals surface area contributed by atoms with Crippen LogP contribution in [0.15, 0.2) is 23.1 Å². The average molecular weight is 266 g/mol. The zero-order valence-corrected chi connectivity index (χ0v) is 11.2. The summed E-state index contributed by atoms with van der Waals surface area (Å²) in [7, 11) is 1.91. The van der Waals surface area contributed by atoms with Crippen LogP contribution in [0, 0.1) is 0 Å². The van der Waals surface area contributed by atoms with E-state index < -0.39 is 0 Å². The molecular weight excluding hydrogens is 248 g/mol. The van der Waals surface area contributed by atoms with E-state index in [0.717, 1.165) is 29.0 Å². The van der Waals surface area contributed by atoms with Gasteiger partial charge in [0.25, 0.3) is 0 Å². The Hall–Kier alpha value is -1.04. The number of benzene rings is 1. The Balaban J connectivity index is 2.18. The molecule has 0 bridgehead atoms. The van der Waals surface area contributed by atoms with Crippen molar-refractivity contribution in [1.82, 2.24) is 5.32 Å². The Morgan fingerprint density at radius 3 is 3.11 bits per heavy atom. The van der Waals surface area contributed by atoms with Crippen LogP contribution in [0.1, 0.15) is 24.4 Å². The largest absolute Gasteiger partial charge is 0.396 e. The van der Waals surface area contributed by atoms with Crippen LogP contribution in [0.5, 0.6) is 0 Å². The molecule has 1 unspecified atom stereocenters. The zero-order valence-electron chi connectivity index (χ0n) is 10.4. The highest BCUT2D eigenvalue weighted by molar-refractivity contribution is 8.00. The number of amides is 1. The second kappa shape index (κ2) is 6.22. The fraction of sp³-hybridized carbons (Fsp3) is 0.462. The molecule has 4 nitrogen and oxygen atoms in total. The summed E-state index contributed by atoms with van der Waals surface area (Å²) in [6.45, 7) is 0.204. The summed E-state index contributed by atoms with van der Waals surface area (Å²) in [5.74, 6) is 0.549. The lowest BCUT2D eigenvalue weighted by molar-refractivity contribution is -0.113. The lowest BCUT2D eigenvalue weighted by Gasteiger charge is -2.21. The van der Waals surface area contributed by atoms with Gasteiger partial charge in [0, 0.05) is 17.5 Å². The highest BCUT2D eigenvalue weighted by atomic mass is 32.2. The number of rotatable bonds is 5. The van der Waals surface area contributed by atoms with Crippen LogP contribution in [0.25, 0.3) is 0 Å². The topological polar surface area (TPSA) is 61.4 Å². The van der Waals surface area contributed by atoms with Crippen LogP contribution < -0.4 is 10.6 Å². The Morgan fingerprint density at radius 1 is 1.56 bits per heavy atom. The molecular formula is C13H18N2O2S. The normalized spacial score (nSPS) is 16.0. The molecule has 98 valence electrons. The highest BCUT2D eigenvalue weighted by Crippen LogP contribution is 2.33. The lowest BCUT2D eigenvalue weighted by Crippen LogP contribution is -2.20. The number of nitrogens with one attached hydrogen (secondary N) is 2. The van der Waals surface area contributed by atoms with Crippen molar-refractivity contribution >= 4 is 23.4 Å². The van der Waals surface area contributed by atoms with Crippen molar-refractivity contribution in [2.45, 2.75) is 23.8 Å². The molecule has 0 fully saturated rings. The predicted molar refractivity (Wildman–Crippen MR) is 73.9 cm³/mol. The number of aliphatic hydroxyl groups is 1. The van der Waals surface area contributed by atoms with Gasteiger partial charge in [0.2, 0.25) is 5.91 Å². The Kier molecular flexibility index (Phi) is 4.63. The molecule has 0 saturated heterocycles. The molecule has 1 aromatic rings. The molecule has 0 saturated carbocycles. The quantitative estimate of drug-likeness (QED) is 0.760. The minimum Gasteiger partial charge on any atom is -0.396 e. The van der Waals surface area contributed by atoms with Gasteiger partial charge in [-0.15, -0.1) is 11.8 Å². The predicted octanol–water partition coefficient (Wildman–Crippen LogP) is 1.76. The van der Waals surface area contributed by atoms with Crippen molar-refractivity contribution in [3.63, 3.8) is 0 Å². The maximum Gasteiger partial charge on any atom is 0.234 e. The summed E-state index contributed by atoms with van der Waals surface area (Å²) in [5.41, 5.74) is 2.05. The van der Waals surface area contributed by atoms with Gasteiger partial charge in [0.15, 0.2) is 0 Å². The fourth-order valence-corrected chi connectivity index (χ4v) is 2.88. The third kappa shape index (κ3) is 3.04. The van der Waals surface area contributed by atoms with Gasteiger partial charge >= 0.3 is 0 Å². The number of carbonyl (C=O) groups is 1. The van der Waals surface area contributed by atoms with Crippen LogP contribution in [-0.2, 0) is 4.79 Å². The number of fused-ring (bicyclic) bond motifs is 1. The third-order valence-electron chi connectivity index (χ3n) is 3.04. The van der Waals surface area contributed by atoms with Crippen LogP contribution in [0.4, 0.5) is 5.69 Å². The van der Waals surface area contributed by atoms with E-state index in [1.54, 1.807) is 11.8 Å². The summed E-state index contributed by atoms with van der Waals surface area (Å²) >= 11 is 1.57. The fourth-order valence-electron chi connectivity index (χ4n) is 2.09. The molecule has 0 radical (unpaired) electrons. The van der Waals surface area contributed by atoms with Gasteiger partial charge < -0.3 is 15.7 Å². The van der Waals surface area contributed by atoms with E-state index in [-0.39, 0.29) is 18.6 Å². The number of hydrogen-bond donors (Lipinski definition) is 3. The van der Waals surface area contributed by atoms with Gasteiger partial charge in [0.1, 0.15) is 0 Å². The van der Waals surface area contributed by atoms with Crippen molar-refractivity contribution in [2.24, 2.45) is 0 Å². The highest BCUT2D eigenvalue weighted by Gasteiger charge is 2.17. The standard InChI is InChI=1S/C13H18N2O2S/c1-14-10(3-2-6-16)9-4-5-12-11(7-9)15-13(17)8-18-12/h4-5,7,10,14,16H,2-3,6,8H2,1H3,(H,15,17). The van der Waals surface area contributed by atoms with E-state index in [1.165, 1.54) is 0 Å². The van der Waals surface area contributed by atoms with E-state index >= 15 is 0 Å². The maximum atomic E-state index is 11.4. The molecule has 1 aliphatic heterocycles. The lowest BCUT2D eigenvalue weighted by atomic mass is 10.0. The van der Waals surface area contributed by atoms with E-state index in [9.17, 15) is 4.79 Å². The van der Waals surface area contributed by atoms with Crippen LogP contribution >= 0.6 is 11.8 Å². The summed E-state index contributed by atoms with van der Waals surface area (Å²) < 4.78 is 0. The monoisotopic (exact) mass is 266 g/mol. The second-order valence-electron chi connectivity index (χ2n) is 4.30. The van der Waals surface area contributed by atoms with Crippen LogP contribution in [0.3, 0.4) is 0 Å².